The van der Waals surface area contributed by atoms with Crippen molar-refractivity contribution in [3.05, 3.63) is 94.2 Å². The van der Waals surface area contributed by atoms with Crippen LogP contribution in [0, 0.1) is 12.7 Å². The third kappa shape index (κ3) is 5.75. The summed E-state index contributed by atoms with van der Waals surface area (Å²) >= 11 is 3.29. The summed E-state index contributed by atoms with van der Waals surface area (Å²) in [5, 5.41) is 2.61. The van der Waals surface area contributed by atoms with E-state index in [2.05, 4.69) is 21.2 Å². The number of nitrogens with one attached hydrogen (secondary N) is 1. The Morgan fingerprint density at radius 3 is 2.17 bits per heavy atom. The molecule has 3 rings (SSSR count). The van der Waals surface area contributed by atoms with Gasteiger partial charge in [-0.05, 0) is 61.0 Å². The Morgan fingerprint density at radius 1 is 0.967 bits per heavy atom. The zero-order valence-corrected chi connectivity index (χ0v) is 18.6. The summed E-state index contributed by atoms with van der Waals surface area (Å²) in [6, 6.07) is 19.0. The average molecular weight is 491 g/mol. The molecule has 0 saturated carbocycles. The fourth-order valence-electron chi connectivity index (χ4n) is 2.77. The summed E-state index contributed by atoms with van der Waals surface area (Å²) in [6.45, 7) is 1.59. The van der Waals surface area contributed by atoms with Gasteiger partial charge in [-0.25, -0.2) is 12.8 Å². The number of benzene rings is 3. The first kappa shape index (κ1) is 22.1. The van der Waals surface area contributed by atoms with E-state index in [-0.39, 0.29) is 18.0 Å². The molecule has 1 N–H and O–H groups in total. The smallest absolute Gasteiger partial charge is 0.243 e. The molecule has 8 heteroatoms. The van der Waals surface area contributed by atoms with Crippen LogP contribution >= 0.6 is 15.9 Å². The SMILES string of the molecule is Cc1ccc(CN(CC(=O)Nc2ccc(F)cc2)S(=O)(=O)c2ccc(Br)cc2)cc1. The number of carbonyl (C=O) groups is 1. The van der Waals surface area contributed by atoms with Crippen molar-refractivity contribution >= 4 is 37.5 Å². The lowest BCUT2D eigenvalue weighted by molar-refractivity contribution is -0.116. The quantitative estimate of drug-likeness (QED) is 0.520. The molecular weight excluding hydrogens is 471 g/mol. The van der Waals surface area contributed by atoms with Crippen LogP contribution in [0.3, 0.4) is 0 Å². The maximum absolute atomic E-state index is 13.2. The minimum Gasteiger partial charge on any atom is -0.325 e. The van der Waals surface area contributed by atoms with E-state index >= 15 is 0 Å². The second-order valence-corrected chi connectivity index (χ2v) is 9.62. The molecule has 3 aromatic rings. The zero-order valence-electron chi connectivity index (χ0n) is 16.2. The monoisotopic (exact) mass is 490 g/mol. The first-order valence-electron chi connectivity index (χ1n) is 9.11. The second-order valence-electron chi connectivity index (χ2n) is 6.77. The Bertz CT molecular complexity index is 1120. The van der Waals surface area contributed by atoms with Crippen molar-refractivity contribution < 1.29 is 17.6 Å². The third-order valence-corrected chi connectivity index (χ3v) is 6.71. The first-order valence-corrected chi connectivity index (χ1v) is 11.3. The van der Waals surface area contributed by atoms with E-state index in [4.69, 9.17) is 0 Å². The van der Waals surface area contributed by atoms with Gasteiger partial charge in [-0.3, -0.25) is 4.79 Å². The highest BCUT2D eigenvalue weighted by molar-refractivity contribution is 9.10. The fraction of sp³-hybridized carbons (Fsp3) is 0.136. The van der Waals surface area contributed by atoms with Gasteiger partial charge < -0.3 is 5.32 Å². The molecule has 3 aromatic carbocycles. The number of halogens is 2. The Labute approximate surface area is 183 Å². The van der Waals surface area contributed by atoms with E-state index in [1.807, 2.05) is 31.2 Å². The molecule has 0 heterocycles. The van der Waals surface area contributed by atoms with E-state index in [9.17, 15) is 17.6 Å². The van der Waals surface area contributed by atoms with Crippen LogP contribution in [0.5, 0.6) is 0 Å². The fourth-order valence-corrected chi connectivity index (χ4v) is 4.42. The van der Waals surface area contributed by atoms with Gasteiger partial charge in [-0.1, -0.05) is 45.8 Å². The molecule has 5 nitrogen and oxygen atoms in total. The highest BCUT2D eigenvalue weighted by atomic mass is 79.9. The summed E-state index contributed by atoms with van der Waals surface area (Å²) in [7, 11) is -3.93. The topological polar surface area (TPSA) is 66.5 Å². The van der Waals surface area contributed by atoms with Crippen LogP contribution in [0.1, 0.15) is 11.1 Å². The second kappa shape index (κ2) is 9.51. The molecule has 0 saturated heterocycles. The van der Waals surface area contributed by atoms with Crippen LogP contribution in [0.4, 0.5) is 10.1 Å². The minimum atomic E-state index is -3.93. The van der Waals surface area contributed by atoms with Gasteiger partial charge in [0.15, 0.2) is 0 Å². The van der Waals surface area contributed by atoms with Crippen LogP contribution in [0.25, 0.3) is 0 Å². The number of sulfonamides is 1. The summed E-state index contributed by atoms with van der Waals surface area (Å²) in [5.74, 6) is -0.943. The standard InChI is InChI=1S/C22H20BrFN2O3S/c1-16-2-4-17(5-3-16)14-26(30(28,29)21-12-6-18(23)7-13-21)15-22(27)25-20-10-8-19(24)9-11-20/h2-13H,14-15H2,1H3,(H,25,27). The lowest BCUT2D eigenvalue weighted by Gasteiger charge is -2.22. The molecule has 30 heavy (non-hydrogen) atoms. The van der Waals surface area contributed by atoms with Crippen molar-refractivity contribution in [2.45, 2.75) is 18.4 Å². The highest BCUT2D eigenvalue weighted by Crippen LogP contribution is 2.21. The van der Waals surface area contributed by atoms with Crippen molar-refractivity contribution in [3.63, 3.8) is 0 Å². The van der Waals surface area contributed by atoms with Crippen LogP contribution in [-0.4, -0.2) is 25.2 Å². The molecule has 0 aliphatic heterocycles. The number of rotatable bonds is 7. The van der Waals surface area contributed by atoms with Crippen molar-refractivity contribution in [2.24, 2.45) is 0 Å². The number of hydrogen-bond donors (Lipinski definition) is 1. The molecule has 0 bridgehead atoms. The Morgan fingerprint density at radius 2 is 1.57 bits per heavy atom. The number of amides is 1. The molecular formula is C22H20BrFN2O3S. The van der Waals surface area contributed by atoms with E-state index in [1.54, 1.807) is 12.1 Å². The molecule has 0 aliphatic carbocycles. The van der Waals surface area contributed by atoms with Gasteiger partial charge in [-0.15, -0.1) is 0 Å². The van der Waals surface area contributed by atoms with Crippen molar-refractivity contribution in [2.75, 3.05) is 11.9 Å². The van der Waals surface area contributed by atoms with E-state index < -0.39 is 21.7 Å². The Balaban J connectivity index is 1.86. The highest BCUT2D eigenvalue weighted by Gasteiger charge is 2.27. The minimum absolute atomic E-state index is 0.0372. The van der Waals surface area contributed by atoms with Gasteiger partial charge in [0.05, 0.1) is 11.4 Å². The maximum atomic E-state index is 13.2. The van der Waals surface area contributed by atoms with Gasteiger partial charge in [0.1, 0.15) is 5.82 Å². The summed E-state index contributed by atoms with van der Waals surface area (Å²) in [5.41, 5.74) is 2.20. The summed E-state index contributed by atoms with van der Waals surface area (Å²) < 4.78 is 41.4. The van der Waals surface area contributed by atoms with Crippen LogP contribution in [-0.2, 0) is 21.4 Å². The molecule has 0 spiro atoms. The molecule has 1 amide bonds. The molecule has 0 unspecified atom stereocenters. The lowest BCUT2D eigenvalue weighted by Crippen LogP contribution is -2.37. The molecule has 156 valence electrons. The van der Waals surface area contributed by atoms with Crippen molar-refractivity contribution in [3.8, 4) is 0 Å². The third-order valence-electron chi connectivity index (χ3n) is 4.38. The van der Waals surface area contributed by atoms with Crippen LogP contribution in [0.2, 0.25) is 0 Å². The zero-order chi connectivity index (χ0) is 21.7. The molecule has 0 fully saturated rings. The number of carbonyl (C=O) groups excluding carboxylic acids is 1. The Kier molecular flexibility index (Phi) is 7.02. The Hall–Kier alpha value is -2.55. The number of aryl methyl sites for hydroxylation is 1. The number of hydrogen-bond acceptors (Lipinski definition) is 3. The van der Waals surface area contributed by atoms with E-state index in [1.165, 1.54) is 36.4 Å². The molecule has 0 aromatic heterocycles. The van der Waals surface area contributed by atoms with Gasteiger partial charge in [0, 0.05) is 16.7 Å². The van der Waals surface area contributed by atoms with E-state index in [0.29, 0.717) is 5.69 Å². The molecule has 0 aliphatic rings. The predicted molar refractivity (Wildman–Crippen MR) is 118 cm³/mol. The van der Waals surface area contributed by atoms with Crippen molar-refractivity contribution in [1.29, 1.82) is 0 Å². The largest absolute Gasteiger partial charge is 0.325 e. The normalized spacial score (nSPS) is 11.5. The summed E-state index contributed by atoms with van der Waals surface area (Å²) in [4.78, 5) is 12.7. The molecule has 0 atom stereocenters. The van der Waals surface area contributed by atoms with Gasteiger partial charge >= 0.3 is 0 Å². The predicted octanol–water partition coefficient (Wildman–Crippen LogP) is 4.73. The van der Waals surface area contributed by atoms with Crippen molar-refractivity contribution in [1.82, 2.24) is 4.31 Å². The van der Waals surface area contributed by atoms with Gasteiger partial charge in [0.2, 0.25) is 15.9 Å². The lowest BCUT2D eigenvalue weighted by atomic mass is 10.1. The first-order chi connectivity index (χ1) is 14.2. The number of anilines is 1. The summed E-state index contributed by atoms with van der Waals surface area (Å²) in [6.07, 6.45) is 0. The van der Waals surface area contributed by atoms with Crippen LogP contribution in [0.15, 0.2) is 82.2 Å². The van der Waals surface area contributed by atoms with E-state index in [0.717, 1.165) is 19.9 Å². The maximum Gasteiger partial charge on any atom is 0.243 e. The average Bonchev–Trinajstić information content (AvgIpc) is 2.71. The van der Waals surface area contributed by atoms with Gasteiger partial charge in [0.25, 0.3) is 0 Å². The van der Waals surface area contributed by atoms with Crippen LogP contribution < -0.4 is 5.32 Å². The van der Waals surface area contributed by atoms with Gasteiger partial charge in [-0.2, -0.15) is 4.31 Å². The molecule has 0 radical (unpaired) electrons. The number of nitrogens with zero attached hydrogens (tertiary/aromatic N) is 1.